The number of hydrogen-bond acceptors (Lipinski definition) is 7. The second kappa shape index (κ2) is 8.43. The normalized spacial score (nSPS) is 19.4. The van der Waals surface area contributed by atoms with E-state index in [4.69, 9.17) is 5.73 Å². The summed E-state index contributed by atoms with van der Waals surface area (Å²) in [5.74, 6) is -0.206. The molecular weight excluding hydrogens is 346 g/mol. The Kier molecular flexibility index (Phi) is 6.00. The van der Waals surface area contributed by atoms with E-state index in [0.717, 1.165) is 30.9 Å². The van der Waals surface area contributed by atoms with Crippen molar-refractivity contribution in [2.45, 2.75) is 45.1 Å². The van der Waals surface area contributed by atoms with Crippen LogP contribution in [-0.2, 0) is 11.2 Å². The SMILES string of the molecule is CC(C)C[C@H](C(=O)O)[C@H](Cc1ccc(N2CCC(N)C2)nc1)c1nn[nH]n1. The molecule has 2 aromatic heterocycles. The zero-order valence-electron chi connectivity index (χ0n) is 15.7. The van der Waals surface area contributed by atoms with Crippen LogP contribution in [0, 0.1) is 11.8 Å². The number of rotatable bonds is 8. The van der Waals surface area contributed by atoms with Gasteiger partial charge in [0.2, 0.25) is 0 Å². The molecule has 0 bridgehead atoms. The van der Waals surface area contributed by atoms with Crippen LogP contribution in [0.2, 0.25) is 0 Å². The first kappa shape index (κ1) is 19.2. The van der Waals surface area contributed by atoms with Gasteiger partial charge >= 0.3 is 5.97 Å². The van der Waals surface area contributed by atoms with Crippen LogP contribution in [0.25, 0.3) is 0 Å². The highest BCUT2D eigenvalue weighted by molar-refractivity contribution is 5.71. The standard InChI is InChI=1S/C18H27N7O2/c1-11(2)7-15(18(26)27)14(17-21-23-24-22-17)8-12-3-4-16(20-9-12)25-6-5-13(19)10-25/h3-4,9,11,13-15H,5-8,10,19H2,1-2H3,(H,26,27)(H,21,22,23,24)/t13?,14-,15-/m0/s1. The summed E-state index contributed by atoms with van der Waals surface area (Å²) in [6.07, 6.45) is 3.82. The van der Waals surface area contributed by atoms with Crippen molar-refractivity contribution < 1.29 is 9.90 Å². The summed E-state index contributed by atoms with van der Waals surface area (Å²) in [7, 11) is 0. The number of carbonyl (C=O) groups is 1. The molecule has 3 rings (SSSR count). The van der Waals surface area contributed by atoms with Gasteiger partial charge in [-0.05, 0) is 36.8 Å². The molecule has 3 heterocycles. The molecule has 1 unspecified atom stereocenters. The van der Waals surface area contributed by atoms with Crippen LogP contribution in [-0.4, -0.2) is 55.8 Å². The largest absolute Gasteiger partial charge is 0.481 e. The van der Waals surface area contributed by atoms with Crippen molar-refractivity contribution in [2.75, 3.05) is 18.0 Å². The van der Waals surface area contributed by atoms with Crippen LogP contribution < -0.4 is 10.6 Å². The van der Waals surface area contributed by atoms with Gasteiger partial charge in [-0.1, -0.05) is 25.1 Å². The molecular formula is C18H27N7O2. The molecule has 1 aliphatic heterocycles. The summed E-state index contributed by atoms with van der Waals surface area (Å²) in [5.41, 5.74) is 6.92. The number of carboxylic acids is 1. The van der Waals surface area contributed by atoms with E-state index < -0.39 is 11.9 Å². The lowest BCUT2D eigenvalue weighted by Crippen LogP contribution is -2.27. The van der Waals surface area contributed by atoms with Gasteiger partial charge in [-0.2, -0.15) is 5.21 Å². The Morgan fingerprint density at radius 1 is 1.44 bits per heavy atom. The van der Waals surface area contributed by atoms with Gasteiger partial charge in [0.25, 0.3) is 0 Å². The van der Waals surface area contributed by atoms with Crippen LogP contribution in [0.3, 0.4) is 0 Å². The fourth-order valence-electron chi connectivity index (χ4n) is 3.66. The number of tetrazole rings is 1. The second-order valence-electron chi connectivity index (χ2n) is 7.67. The van der Waals surface area contributed by atoms with Crippen molar-refractivity contribution >= 4 is 11.8 Å². The number of nitrogens with zero attached hydrogens (tertiary/aromatic N) is 5. The summed E-state index contributed by atoms with van der Waals surface area (Å²) < 4.78 is 0. The van der Waals surface area contributed by atoms with E-state index in [2.05, 4.69) is 30.5 Å². The van der Waals surface area contributed by atoms with Crippen molar-refractivity contribution in [2.24, 2.45) is 17.6 Å². The second-order valence-corrected chi connectivity index (χ2v) is 7.67. The van der Waals surface area contributed by atoms with Gasteiger partial charge in [0.1, 0.15) is 5.82 Å². The molecule has 2 aromatic rings. The number of aromatic nitrogens is 5. The molecule has 27 heavy (non-hydrogen) atoms. The third-order valence-corrected chi connectivity index (χ3v) is 5.04. The van der Waals surface area contributed by atoms with Gasteiger partial charge in [-0.15, -0.1) is 10.2 Å². The molecule has 1 saturated heterocycles. The molecule has 4 N–H and O–H groups in total. The van der Waals surface area contributed by atoms with E-state index in [1.807, 2.05) is 26.0 Å². The number of H-pyrrole nitrogens is 1. The van der Waals surface area contributed by atoms with E-state index in [1.54, 1.807) is 6.20 Å². The zero-order chi connectivity index (χ0) is 19.4. The number of anilines is 1. The maximum Gasteiger partial charge on any atom is 0.307 e. The number of pyridine rings is 1. The van der Waals surface area contributed by atoms with Crippen LogP contribution in [0.15, 0.2) is 18.3 Å². The van der Waals surface area contributed by atoms with Crippen molar-refractivity contribution in [3.63, 3.8) is 0 Å². The lowest BCUT2D eigenvalue weighted by atomic mass is 9.81. The smallest absolute Gasteiger partial charge is 0.307 e. The maximum absolute atomic E-state index is 11.9. The predicted octanol–water partition coefficient (Wildman–Crippen LogP) is 1.21. The van der Waals surface area contributed by atoms with Gasteiger partial charge < -0.3 is 15.7 Å². The summed E-state index contributed by atoms with van der Waals surface area (Å²) in [6, 6.07) is 4.16. The molecule has 3 atom stereocenters. The monoisotopic (exact) mass is 373 g/mol. The third kappa shape index (κ3) is 4.79. The summed E-state index contributed by atoms with van der Waals surface area (Å²) >= 11 is 0. The maximum atomic E-state index is 11.9. The average Bonchev–Trinajstić information content (AvgIpc) is 3.30. The quantitative estimate of drug-likeness (QED) is 0.628. The molecule has 146 valence electrons. The van der Waals surface area contributed by atoms with Crippen molar-refractivity contribution in [1.82, 2.24) is 25.6 Å². The van der Waals surface area contributed by atoms with Crippen LogP contribution >= 0.6 is 0 Å². The minimum atomic E-state index is -0.839. The zero-order valence-corrected chi connectivity index (χ0v) is 15.7. The number of carboxylic acid groups (broad SMARTS) is 1. The Bertz CT molecular complexity index is 733. The van der Waals surface area contributed by atoms with Gasteiger partial charge in [-0.3, -0.25) is 4.79 Å². The Hall–Kier alpha value is -2.55. The number of aromatic amines is 1. The highest BCUT2D eigenvalue weighted by Gasteiger charge is 2.33. The Morgan fingerprint density at radius 3 is 2.78 bits per heavy atom. The topological polar surface area (TPSA) is 134 Å². The van der Waals surface area contributed by atoms with Crippen LogP contribution in [0.4, 0.5) is 5.82 Å². The number of nitrogens with one attached hydrogen (secondary N) is 1. The molecule has 0 radical (unpaired) electrons. The van der Waals surface area contributed by atoms with Gasteiger partial charge in [-0.25, -0.2) is 4.98 Å². The molecule has 0 spiro atoms. The van der Waals surface area contributed by atoms with Crippen molar-refractivity contribution in [3.8, 4) is 0 Å². The van der Waals surface area contributed by atoms with Gasteiger partial charge in [0.15, 0.2) is 5.82 Å². The minimum Gasteiger partial charge on any atom is -0.481 e. The predicted molar refractivity (Wildman–Crippen MR) is 100 cm³/mol. The van der Waals surface area contributed by atoms with Crippen molar-refractivity contribution in [3.05, 3.63) is 29.7 Å². The molecule has 9 heteroatoms. The lowest BCUT2D eigenvalue weighted by Gasteiger charge is -2.23. The van der Waals surface area contributed by atoms with Gasteiger partial charge in [0, 0.05) is 31.2 Å². The fraction of sp³-hybridized carbons (Fsp3) is 0.611. The first-order chi connectivity index (χ1) is 12.9. The Morgan fingerprint density at radius 2 is 2.26 bits per heavy atom. The lowest BCUT2D eigenvalue weighted by molar-refractivity contribution is -0.143. The minimum absolute atomic E-state index is 0.196. The van der Waals surface area contributed by atoms with E-state index in [-0.39, 0.29) is 17.9 Å². The highest BCUT2D eigenvalue weighted by Crippen LogP contribution is 2.31. The molecule has 1 fully saturated rings. The Labute approximate surface area is 158 Å². The first-order valence-corrected chi connectivity index (χ1v) is 9.35. The molecule has 9 nitrogen and oxygen atoms in total. The summed E-state index contributed by atoms with van der Waals surface area (Å²) in [4.78, 5) is 18.6. The van der Waals surface area contributed by atoms with Crippen LogP contribution in [0.1, 0.15) is 44.0 Å². The summed E-state index contributed by atoms with van der Waals surface area (Å²) in [5, 5.41) is 23.9. The van der Waals surface area contributed by atoms with E-state index in [9.17, 15) is 9.90 Å². The molecule has 0 aliphatic carbocycles. The number of aliphatic carboxylic acids is 1. The molecule has 0 aromatic carbocycles. The molecule has 0 saturated carbocycles. The van der Waals surface area contributed by atoms with Crippen LogP contribution in [0.5, 0.6) is 0 Å². The molecule has 1 aliphatic rings. The van der Waals surface area contributed by atoms with E-state index in [0.29, 0.717) is 18.7 Å². The number of nitrogens with two attached hydrogens (primary N) is 1. The van der Waals surface area contributed by atoms with E-state index in [1.165, 1.54) is 0 Å². The van der Waals surface area contributed by atoms with Gasteiger partial charge in [0.05, 0.1) is 5.92 Å². The third-order valence-electron chi connectivity index (χ3n) is 5.04. The number of hydrogen-bond donors (Lipinski definition) is 3. The summed E-state index contributed by atoms with van der Waals surface area (Å²) in [6.45, 7) is 5.75. The average molecular weight is 373 g/mol. The van der Waals surface area contributed by atoms with E-state index >= 15 is 0 Å². The highest BCUT2D eigenvalue weighted by atomic mass is 16.4. The Balaban J connectivity index is 1.78. The fourth-order valence-corrected chi connectivity index (χ4v) is 3.66. The molecule has 0 amide bonds. The first-order valence-electron chi connectivity index (χ1n) is 9.35. The van der Waals surface area contributed by atoms with Crippen molar-refractivity contribution in [1.29, 1.82) is 0 Å².